The largest absolute Gasteiger partial charge is 0.484 e. The molecule has 1 saturated heterocycles. The predicted molar refractivity (Wildman–Crippen MR) is 100 cm³/mol. The first kappa shape index (κ1) is 18.0. The van der Waals surface area contributed by atoms with Crippen LogP contribution < -0.4 is 4.74 Å². The molecular formula is C20H22BrNO3. The van der Waals surface area contributed by atoms with E-state index in [1.54, 1.807) is 0 Å². The standard InChI is InChI=1S/C20H22BrNO3/c21-17-6-8-18(9-7-17)25-14-19(23)22-12-10-16(11-13-22)20(24)15-4-2-1-3-5-15/h1-9,16,20,24H,10-14H2. The minimum Gasteiger partial charge on any atom is -0.484 e. The maximum absolute atomic E-state index is 12.3. The number of nitrogens with zero attached hydrogens (tertiary/aromatic N) is 1. The molecule has 0 spiro atoms. The smallest absolute Gasteiger partial charge is 0.260 e. The summed E-state index contributed by atoms with van der Waals surface area (Å²) in [5.74, 6) is 0.875. The van der Waals surface area contributed by atoms with Crippen molar-refractivity contribution in [3.63, 3.8) is 0 Å². The Kier molecular flexibility index (Phi) is 6.10. The Bertz CT molecular complexity index is 682. The number of aliphatic hydroxyl groups is 1. The van der Waals surface area contributed by atoms with Crippen LogP contribution in [-0.2, 0) is 4.79 Å². The van der Waals surface area contributed by atoms with Gasteiger partial charge in [0.05, 0.1) is 6.10 Å². The maximum atomic E-state index is 12.3. The Labute approximate surface area is 156 Å². The van der Waals surface area contributed by atoms with Crippen LogP contribution in [0.25, 0.3) is 0 Å². The van der Waals surface area contributed by atoms with Gasteiger partial charge in [-0.1, -0.05) is 46.3 Å². The summed E-state index contributed by atoms with van der Waals surface area (Å²) in [6.07, 6.45) is 1.15. The topological polar surface area (TPSA) is 49.8 Å². The van der Waals surface area contributed by atoms with E-state index in [0.29, 0.717) is 18.8 Å². The molecule has 1 aliphatic rings. The molecule has 1 unspecified atom stereocenters. The second kappa shape index (κ2) is 8.50. The summed E-state index contributed by atoms with van der Waals surface area (Å²) in [6.45, 7) is 1.38. The highest BCUT2D eigenvalue weighted by Gasteiger charge is 2.28. The van der Waals surface area contributed by atoms with E-state index in [4.69, 9.17) is 4.74 Å². The quantitative estimate of drug-likeness (QED) is 0.825. The van der Waals surface area contributed by atoms with E-state index in [1.165, 1.54) is 0 Å². The van der Waals surface area contributed by atoms with Gasteiger partial charge in [0.15, 0.2) is 6.61 Å². The van der Waals surface area contributed by atoms with Crippen LogP contribution in [0.15, 0.2) is 59.1 Å². The molecule has 1 aliphatic heterocycles. The Morgan fingerprint density at radius 3 is 2.40 bits per heavy atom. The van der Waals surface area contributed by atoms with E-state index < -0.39 is 6.10 Å². The van der Waals surface area contributed by atoms with Crippen LogP contribution in [-0.4, -0.2) is 35.6 Å². The summed E-state index contributed by atoms with van der Waals surface area (Å²) in [5.41, 5.74) is 0.950. The molecule has 1 fully saturated rings. The fourth-order valence-corrected chi connectivity index (χ4v) is 3.42. The lowest BCUT2D eigenvalue weighted by atomic mass is 9.87. The van der Waals surface area contributed by atoms with Gasteiger partial charge in [-0.15, -0.1) is 0 Å². The molecule has 0 saturated carbocycles. The van der Waals surface area contributed by atoms with Crippen LogP contribution in [0.4, 0.5) is 0 Å². The molecule has 1 heterocycles. The molecule has 3 rings (SSSR count). The van der Waals surface area contributed by atoms with Crippen molar-refractivity contribution < 1.29 is 14.6 Å². The summed E-state index contributed by atoms with van der Waals surface area (Å²) in [7, 11) is 0. The molecule has 25 heavy (non-hydrogen) atoms. The molecule has 1 N–H and O–H groups in total. The average molecular weight is 404 g/mol. The molecule has 0 bridgehead atoms. The van der Waals surface area contributed by atoms with Gasteiger partial charge in [-0.3, -0.25) is 4.79 Å². The van der Waals surface area contributed by atoms with E-state index in [1.807, 2.05) is 59.5 Å². The fourth-order valence-electron chi connectivity index (χ4n) is 3.15. The van der Waals surface area contributed by atoms with Gasteiger partial charge in [-0.05, 0) is 48.6 Å². The number of carbonyl (C=O) groups excluding carboxylic acids is 1. The van der Waals surface area contributed by atoms with Crippen molar-refractivity contribution in [3.8, 4) is 5.75 Å². The monoisotopic (exact) mass is 403 g/mol. The van der Waals surface area contributed by atoms with Crippen LogP contribution in [0.3, 0.4) is 0 Å². The third-order valence-electron chi connectivity index (χ3n) is 4.66. The van der Waals surface area contributed by atoms with Gasteiger partial charge in [0.25, 0.3) is 5.91 Å². The molecule has 4 nitrogen and oxygen atoms in total. The van der Waals surface area contributed by atoms with Gasteiger partial charge in [-0.25, -0.2) is 0 Å². The van der Waals surface area contributed by atoms with E-state index >= 15 is 0 Å². The number of benzene rings is 2. The Hall–Kier alpha value is -1.85. The molecular weight excluding hydrogens is 382 g/mol. The molecule has 1 amide bonds. The second-order valence-electron chi connectivity index (χ2n) is 6.32. The number of halogens is 1. The molecule has 5 heteroatoms. The molecule has 0 radical (unpaired) electrons. The highest BCUT2D eigenvalue weighted by atomic mass is 79.9. The zero-order valence-corrected chi connectivity index (χ0v) is 15.6. The van der Waals surface area contributed by atoms with Crippen molar-refractivity contribution >= 4 is 21.8 Å². The minimum absolute atomic E-state index is 0.00410. The minimum atomic E-state index is -0.461. The van der Waals surface area contributed by atoms with Crippen LogP contribution in [0.5, 0.6) is 5.75 Å². The lowest BCUT2D eigenvalue weighted by molar-refractivity contribution is -0.135. The molecule has 2 aromatic carbocycles. The Balaban J connectivity index is 1.46. The third-order valence-corrected chi connectivity index (χ3v) is 5.18. The van der Waals surface area contributed by atoms with Crippen LogP contribution >= 0.6 is 15.9 Å². The first-order chi connectivity index (χ1) is 12.1. The van der Waals surface area contributed by atoms with Gasteiger partial charge in [0.2, 0.25) is 0 Å². The summed E-state index contributed by atoms with van der Waals surface area (Å²) >= 11 is 3.37. The van der Waals surface area contributed by atoms with Crippen molar-refractivity contribution in [2.75, 3.05) is 19.7 Å². The van der Waals surface area contributed by atoms with Crippen LogP contribution in [0.2, 0.25) is 0 Å². The number of amides is 1. The maximum Gasteiger partial charge on any atom is 0.260 e. The molecule has 0 aliphatic carbocycles. The van der Waals surface area contributed by atoms with Crippen molar-refractivity contribution in [1.29, 1.82) is 0 Å². The highest BCUT2D eigenvalue weighted by Crippen LogP contribution is 2.30. The summed E-state index contributed by atoms with van der Waals surface area (Å²) < 4.78 is 6.54. The normalized spacial score (nSPS) is 16.5. The number of likely N-dealkylation sites (tertiary alicyclic amines) is 1. The van der Waals surface area contributed by atoms with E-state index in [-0.39, 0.29) is 18.4 Å². The van der Waals surface area contributed by atoms with Crippen molar-refractivity contribution in [3.05, 3.63) is 64.6 Å². The number of rotatable bonds is 5. The number of hydrogen-bond acceptors (Lipinski definition) is 3. The predicted octanol–water partition coefficient (Wildman–Crippen LogP) is 3.80. The van der Waals surface area contributed by atoms with Crippen LogP contribution in [0, 0.1) is 5.92 Å². The van der Waals surface area contributed by atoms with Gasteiger partial charge in [0, 0.05) is 17.6 Å². The van der Waals surface area contributed by atoms with Crippen LogP contribution in [0.1, 0.15) is 24.5 Å². The SMILES string of the molecule is O=C(COc1ccc(Br)cc1)N1CCC(C(O)c2ccccc2)CC1. The number of piperidine rings is 1. The first-order valence-electron chi connectivity index (χ1n) is 8.52. The summed E-state index contributed by atoms with van der Waals surface area (Å²) in [6, 6.07) is 17.2. The summed E-state index contributed by atoms with van der Waals surface area (Å²) in [4.78, 5) is 14.1. The lowest BCUT2D eigenvalue weighted by Gasteiger charge is -2.34. The van der Waals surface area contributed by atoms with E-state index in [0.717, 1.165) is 22.9 Å². The fraction of sp³-hybridized carbons (Fsp3) is 0.350. The van der Waals surface area contributed by atoms with E-state index in [9.17, 15) is 9.90 Å². The van der Waals surface area contributed by atoms with Crippen molar-refractivity contribution in [2.24, 2.45) is 5.92 Å². The third kappa shape index (κ3) is 4.83. The number of ether oxygens (including phenoxy) is 1. The Morgan fingerprint density at radius 1 is 1.12 bits per heavy atom. The van der Waals surface area contributed by atoms with Crippen molar-refractivity contribution in [1.82, 2.24) is 4.90 Å². The second-order valence-corrected chi connectivity index (χ2v) is 7.23. The van der Waals surface area contributed by atoms with Gasteiger partial charge in [0.1, 0.15) is 5.75 Å². The summed E-state index contributed by atoms with van der Waals surface area (Å²) in [5, 5.41) is 10.5. The zero-order chi connectivity index (χ0) is 17.6. The highest BCUT2D eigenvalue weighted by molar-refractivity contribution is 9.10. The first-order valence-corrected chi connectivity index (χ1v) is 9.32. The lowest BCUT2D eigenvalue weighted by Crippen LogP contribution is -2.42. The molecule has 2 aromatic rings. The Morgan fingerprint density at radius 2 is 1.76 bits per heavy atom. The number of carbonyl (C=O) groups is 1. The van der Waals surface area contributed by atoms with E-state index in [2.05, 4.69) is 15.9 Å². The zero-order valence-electron chi connectivity index (χ0n) is 14.0. The molecule has 132 valence electrons. The van der Waals surface area contributed by atoms with Crippen molar-refractivity contribution in [2.45, 2.75) is 18.9 Å². The number of hydrogen-bond donors (Lipinski definition) is 1. The number of aliphatic hydroxyl groups excluding tert-OH is 1. The van der Waals surface area contributed by atoms with Gasteiger partial charge < -0.3 is 14.7 Å². The van der Waals surface area contributed by atoms with Gasteiger partial charge >= 0.3 is 0 Å². The average Bonchev–Trinajstić information content (AvgIpc) is 2.67. The molecule has 0 aromatic heterocycles. The van der Waals surface area contributed by atoms with Gasteiger partial charge in [-0.2, -0.15) is 0 Å². The molecule has 1 atom stereocenters.